The van der Waals surface area contributed by atoms with Crippen LogP contribution in [0.4, 0.5) is 4.79 Å². The number of nitrogens with two attached hydrogens (primary N) is 1. The molecular weight excluding hydrogens is 378 g/mol. The summed E-state index contributed by atoms with van der Waals surface area (Å²) < 4.78 is 5.01. The number of rotatable bonds is 9. The lowest BCUT2D eigenvalue weighted by atomic mass is 10.0. The number of aliphatic hydroxyl groups is 1. The third kappa shape index (κ3) is 7.15. The van der Waals surface area contributed by atoms with Crippen molar-refractivity contribution in [2.75, 3.05) is 6.61 Å². The van der Waals surface area contributed by atoms with Gasteiger partial charge in [0.2, 0.25) is 11.8 Å². The van der Waals surface area contributed by atoms with Crippen LogP contribution in [-0.2, 0) is 27.4 Å². The molecular formula is C20H23N3O6. The number of amides is 3. The quantitative estimate of drug-likeness (QED) is 0.405. The molecule has 0 saturated carbocycles. The number of ether oxygens (including phenoxy) is 1. The molecule has 0 bridgehead atoms. The molecule has 0 aromatic heterocycles. The largest absolute Gasteiger partial charge is 0.508 e. The van der Waals surface area contributed by atoms with Crippen LogP contribution in [0, 0.1) is 0 Å². The van der Waals surface area contributed by atoms with Crippen molar-refractivity contribution in [2.45, 2.75) is 25.1 Å². The van der Waals surface area contributed by atoms with E-state index in [4.69, 9.17) is 10.5 Å². The topological polar surface area (TPSA) is 151 Å². The average Bonchev–Trinajstić information content (AvgIpc) is 2.72. The van der Waals surface area contributed by atoms with E-state index >= 15 is 0 Å². The fraction of sp³-hybridized carbons (Fsp3) is 0.250. The number of hydrogen-bond donors (Lipinski definition) is 5. The number of phenolic OH excluding ortho intramolecular Hbond substituents is 1. The molecule has 3 amide bonds. The molecule has 2 aromatic rings. The molecule has 0 heterocycles. The molecule has 0 spiro atoms. The molecule has 29 heavy (non-hydrogen) atoms. The predicted molar refractivity (Wildman–Crippen MR) is 104 cm³/mol. The van der Waals surface area contributed by atoms with Crippen molar-refractivity contribution in [2.24, 2.45) is 5.73 Å². The molecule has 9 nitrogen and oxygen atoms in total. The lowest BCUT2D eigenvalue weighted by Crippen LogP contribution is -2.54. The number of phenols is 1. The zero-order chi connectivity index (χ0) is 21.2. The number of hydrogen-bond acceptors (Lipinski definition) is 6. The first-order valence-electron chi connectivity index (χ1n) is 8.84. The van der Waals surface area contributed by atoms with Crippen molar-refractivity contribution in [1.29, 1.82) is 0 Å². The Labute approximate surface area is 167 Å². The zero-order valence-corrected chi connectivity index (χ0v) is 15.6. The molecule has 0 radical (unpaired) electrons. The third-order valence-electron chi connectivity index (χ3n) is 4.04. The number of nitrogens with one attached hydrogen (secondary N) is 2. The maximum absolute atomic E-state index is 12.4. The smallest absolute Gasteiger partial charge is 0.408 e. The van der Waals surface area contributed by atoms with Crippen LogP contribution < -0.4 is 16.4 Å². The van der Waals surface area contributed by atoms with E-state index in [2.05, 4.69) is 10.6 Å². The molecule has 154 valence electrons. The Morgan fingerprint density at radius 2 is 1.59 bits per heavy atom. The molecule has 0 unspecified atom stereocenters. The first-order chi connectivity index (χ1) is 13.9. The van der Waals surface area contributed by atoms with Crippen LogP contribution in [0.1, 0.15) is 11.1 Å². The van der Waals surface area contributed by atoms with Crippen LogP contribution in [-0.4, -0.2) is 46.8 Å². The third-order valence-corrected chi connectivity index (χ3v) is 4.04. The molecule has 0 aliphatic rings. The van der Waals surface area contributed by atoms with Crippen molar-refractivity contribution in [3.63, 3.8) is 0 Å². The average molecular weight is 401 g/mol. The van der Waals surface area contributed by atoms with Gasteiger partial charge >= 0.3 is 6.09 Å². The Balaban J connectivity index is 1.91. The first-order valence-corrected chi connectivity index (χ1v) is 8.84. The van der Waals surface area contributed by atoms with Gasteiger partial charge in [-0.3, -0.25) is 9.59 Å². The first kappa shape index (κ1) is 21.7. The summed E-state index contributed by atoms with van der Waals surface area (Å²) in [5, 5.41) is 23.4. The van der Waals surface area contributed by atoms with Gasteiger partial charge in [0.25, 0.3) is 0 Å². The van der Waals surface area contributed by atoms with Gasteiger partial charge in [0.15, 0.2) is 0 Å². The van der Waals surface area contributed by atoms with Crippen molar-refractivity contribution in [1.82, 2.24) is 10.6 Å². The summed E-state index contributed by atoms with van der Waals surface area (Å²) >= 11 is 0. The molecule has 0 aliphatic carbocycles. The minimum Gasteiger partial charge on any atom is -0.508 e. The van der Waals surface area contributed by atoms with Gasteiger partial charge in [0.05, 0.1) is 6.61 Å². The second-order valence-corrected chi connectivity index (χ2v) is 6.28. The van der Waals surface area contributed by atoms with Gasteiger partial charge in [-0.2, -0.15) is 0 Å². The molecule has 2 atom stereocenters. The zero-order valence-electron chi connectivity index (χ0n) is 15.6. The van der Waals surface area contributed by atoms with Gasteiger partial charge in [-0.05, 0) is 23.3 Å². The van der Waals surface area contributed by atoms with E-state index in [1.165, 1.54) is 12.1 Å². The maximum Gasteiger partial charge on any atom is 0.408 e. The van der Waals surface area contributed by atoms with Gasteiger partial charge in [0.1, 0.15) is 24.4 Å². The van der Waals surface area contributed by atoms with Crippen LogP contribution in [0.25, 0.3) is 0 Å². The lowest BCUT2D eigenvalue weighted by Gasteiger charge is -2.20. The molecule has 0 fully saturated rings. The maximum atomic E-state index is 12.4. The van der Waals surface area contributed by atoms with E-state index in [0.717, 1.165) is 5.56 Å². The second kappa shape index (κ2) is 10.7. The fourth-order valence-electron chi connectivity index (χ4n) is 2.46. The Morgan fingerprint density at radius 1 is 0.931 bits per heavy atom. The number of alkyl carbamates (subject to hydrolysis) is 1. The highest BCUT2D eigenvalue weighted by atomic mass is 16.5. The minimum atomic E-state index is -1.32. The fourth-order valence-corrected chi connectivity index (χ4v) is 2.46. The van der Waals surface area contributed by atoms with E-state index < -0.39 is 36.6 Å². The van der Waals surface area contributed by atoms with E-state index in [1.54, 1.807) is 36.4 Å². The van der Waals surface area contributed by atoms with E-state index in [0.29, 0.717) is 5.56 Å². The van der Waals surface area contributed by atoms with Crippen molar-refractivity contribution in [3.8, 4) is 5.75 Å². The summed E-state index contributed by atoms with van der Waals surface area (Å²) in [7, 11) is 0. The van der Waals surface area contributed by atoms with Crippen molar-refractivity contribution >= 4 is 17.9 Å². The Morgan fingerprint density at radius 3 is 2.17 bits per heavy atom. The second-order valence-electron chi connectivity index (χ2n) is 6.28. The normalized spacial score (nSPS) is 12.4. The Kier molecular flexibility index (Phi) is 7.99. The van der Waals surface area contributed by atoms with Gasteiger partial charge < -0.3 is 31.3 Å². The highest BCUT2D eigenvalue weighted by molar-refractivity contribution is 5.91. The molecule has 9 heteroatoms. The molecule has 0 aliphatic heterocycles. The number of primary amides is 1. The van der Waals surface area contributed by atoms with Crippen molar-refractivity contribution < 1.29 is 29.3 Å². The SMILES string of the molecule is NC(=O)[C@@H](Cc1ccc(O)cc1)NC(=O)[C@H](CO)NC(=O)OCc1ccccc1. The van der Waals surface area contributed by atoms with Gasteiger partial charge in [-0.1, -0.05) is 42.5 Å². The van der Waals surface area contributed by atoms with Crippen LogP contribution in [0.3, 0.4) is 0 Å². The molecule has 0 saturated heterocycles. The van der Waals surface area contributed by atoms with E-state index in [-0.39, 0.29) is 18.8 Å². The molecule has 6 N–H and O–H groups in total. The molecule has 2 rings (SSSR count). The van der Waals surface area contributed by atoms with E-state index in [9.17, 15) is 24.6 Å². The van der Waals surface area contributed by atoms with Gasteiger partial charge in [0, 0.05) is 6.42 Å². The monoisotopic (exact) mass is 401 g/mol. The van der Waals surface area contributed by atoms with Crippen molar-refractivity contribution in [3.05, 3.63) is 65.7 Å². The highest BCUT2D eigenvalue weighted by Gasteiger charge is 2.25. The van der Waals surface area contributed by atoms with Gasteiger partial charge in [-0.25, -0.2) is 4.79 Å². The lowest BCUT2D eigenvalue weighted by molar-refractivity contribution is -0.129. The number of carbonyl (C=O) groups is 3. The summed E-state index contributed by atoms with van der Waals surface area (Å²) in [5.74, 6) is -1.51. The Hall–Kier alpha value is -3.59. The number of aliphatic hydroxyl groups excluding tert-OH is 1. The number of carbonyl (C=O) groups excluding carboxylic acids is 3. The molecule has 2 aromatic carbocycles. The summed E-state index contributed by atoms with van der Waals surface area (Å²) in [6.07, 6.45) is -0.810. The summed E-state index contributed by atoms with van der Waals surface area (Å²) in [5.41, 5.74) is 6.75. The van der Waals surface area contributed by atoms with Crippen LogP contribution in [0.2, 0.25) is 0 Å². The highest BCUT2D eigenvalue weighted by Crippen LogP contribution is 2.11. The predicted octanol–water partition coefficient (Wildman–Crippen LogP) is 0.192. The number of benzene rings is 2. The van der Waals surface area contributed by atoms with Crippen LogP contribution >= 0.6 is 0 Å². The van der Waals surface area contributed by atoms with E-state index in [1.807, 2.05) is 6.07 Å². The Bertz CT molecular complexity index is 826. The van der Waals surface area contributed by atoms with Gasteiger partial charge in [-0.15, -0.1) is 0 Å². The van der Waals surface area contributed by atoms with Crippen LogP contribution in [0.5, 0.6) is 5.75 Å². The summed E-state index contributed by atoms with van der Waals surface area (Å²) in [4.78, 5) is 35.9. The summed E-state index contributed by atoms with van der Waals surface area (Å²) in [6.45, 7) is -0.700. The summed E-state index contributed by atoms with van der Waals surface area (Å²) in [6, 6.07) is 12.6. The minimum absolute atomic E-state index is 0.00277. The number of aromatic hydroxyl groups is 1. The van der Waals surface area contributed by atoms with Crippen LogP contribution in [0.15, 0.2) is 54.6 Å². The standard InChI is InChI=1S/C20H23N3O6/c21-18(26)16(10-13-6-8-15(25)9-7-13)22-19(27)17(11-24)23-20(28)29-12-14-4-2-1-3-5-14/h1-9,16-17,24-25H,10-12H2,(H2,21,26)(H,22,27)(H,23,28)/t16-,17+/m1/s1.